The molecule has 0 aliphatic carbocycles. The first-order valence-corrected chi connectivity index (χ1v) is 5.99. The molecule has 3 rings (SSSR count). The van der Waals surface area contributed by atoms with Crippen molar-refractivity contribution in [2.75, 3.05) is 0 Å². The zero-order valence-corrected chi connectivity index (χ0v) is 10.2. The Hall–Kier alpha value is -2.15. The van der Waals surface area contributed by atoms with Crippen molar-refractivity contribution >= 4 is 10.8 Å². The molecule has 0 radical (unpaired) electrons. The van der Waals surface area contributed by atoms with E-state index in [1.54, 1.807) is 6.07 Å². The number of fused-ring (bicyclic) bond motifs is 1. The van der Waals surface area contributed by atoms with E-state index in [2.05, 4.69) is 37.3 Å². The van der Waals surface area contributed by atoms with Crippen molar-refractivity contribution in [3.63, 3.8) is 0 Å². The number of hydrogen-bond donors (Lipinski definition) is 0. The van der Waals surface area contributed by atoms with E-state index in [0.717, 1.165) is 16.3 Å². The van der Waals surface area contributed by atoms with Crippen molar-refractivity contribution < 1.29 is 4.39 Å². The summed E-state index contributed by atoms with van der Waals surface area (Å²) in [6.07, 6.45) is 0. The van der Waals surface area contributed by atoms with E-state index in [1.165, 1.54) is 17.2 Å². The van der Waals surface area contributed by atoms with Gasteiger partial charge in [0.25, 0.3) is 0 Å². The molecule has 0 saturated heterocycles. The lowest BCUT2D eigenvalue weighted by atomic mass is 10.0. The fraction of sp³-hybridized carbons (Fsp3) is 0.0588. The minimum absolute atomic E-state index is 0.189. The predicted octanol–water partition coefficient (Wildman–Crippen LogP) is 4.95. The van der Waals surface area contributed by atoms with Crippen molar-refractivity contribution in [2.45, 2.75) is 6.92 Å². The molecular formula is C17H13F. The maximum Gasteiger partial charge on any atom is 0.123 e. The monoisotopic (exact) mass is 236 g/mol. The van der Waals surface area contributed by atoms with Crippen LogP contribution in [0.2, 0.25) is 0 Å². The maximum atomic E-state index is 13.1. The highest BCUT2D eigenvalue weighted by Gasteiger charge is 2.00. The van der Waals surface area contributed by atoms with E-state index < -0.39 is 0 Å². The standard InChI is InChI=1S/C17H13F/c1-12-2-4-13(5-3-12)14-6-7-16-11-17(18)9-8-15(16)10-14/h2-11H,1H3. The van der Waals surface area contributed by atoms with Gasteiger partial charge in [-0.2, -0.15) is 0 Å². The molecule has 3 aromatic rings. The Morgan fingerprint density at radius 1 is 0.667 bits per heavy atom. The van der Waals surface area contributed by atoms with Crippen molar-refractivity contribution in [2.24, 2.45) is 0 Å². The third-order valence-electron chi connectivity index (χ3n) is 3.19. The van der Waals surface area contributed by atoms with E-state index in [4.69, 9.17) is 0 Å². The minimum atomic E-state index is -0.189. The van der Waals surface area contributed by atoms with Gasteiger partial charge in [-0.05, 0) is 47.0 Å². The van der Waals surface area contributed by atoms with Gasteiger partial charge in [0, 0.05) is 0 Å². The summed E-state index contributed by atoms with van der Waals surface area (Å²) >= 11 is 0. The lowest BCUT2D eigenvalue weighted by molar-refractivity contribution is 0.630. The van der Waals surface area contributed by atoms with Gasteiger partial charge in [0.05, 0.1) is 0 Å². The van der Waals surface area contributed by atoms with Gasteiger partial charge >= 0.3 is 0 Å². The normalized spacial score (nSPS) is 10.8. The molecule has 0 saturated carbocycles. The first kappa shape index (κ1) is 11.0. The van der Waals surface area contributed by atoms with Gasteiger partial charge in [-0.1, -0.05) is 48.0 Å². The Bertz CT molecular complexity index is 696. The van der Waals surface area contributed by atoms with Crippen LogP contribution in [0.25, 0.3) is 21.9 Å². The fourth-order valence-electron chi connectivity index (χ4n) is 2.14. The molecule has 0 aromatic heterocycles. The quantitative estimate of drug-likeness (QED) is 0.560. The summed E-state index contributed by atoms with van der Waals surface area (Å²) in [5.41, 5.74) is 3.60. The summed E-state index contributed by atoms with van der Waals surface area (Å²) < 4.78 is 13.1. The average Bonchev–Trinajstić information content (AvgIpc) is 2.39. The Morgan fingerprint density at radius 2 is 1.28 bits per heavy atom. The van der Waals surface area contributed by atoms with E-state index in [9.17, 15) is 4.39 Å². The first-order chi connectivity index (χ1) is 8.72. The molecule has 0 aliphatic heterocycles. The zero-order valence-electron chi connectivity index (χ0n) is 10.2. The Balaban J connectivity index is 2.13. The molecule has 0 unspecified atom stereocenters. The molecule has 0 heterocycles. The molecule has 0 amide bonds. The van der Waals surface area contributed by atoms with Crippen LogP contribution in [0.15, 0.2) is 60.7 Å². The van der Waals surface area contributed by atoms with Crippen LogP contribution in [0.1, 0.15) is 5.56 Å². The summed E-state index contributed by atoms with van der Waals surface area (Å²) in [5, 5.41) is 2.00. The number of rotatable bonds is 1. The van der Waals surface area contributed by atoms with Crippen LogP contribution in [0.5, 0.6) is 0 Å². The average molecular weight is 236 g/mol. The van der Waals surface area contributed by atoms with Crippen LogP contribution in [0.3, 0.4) is 0 Å². The van der Waals surface area contributed by atoms with Gasteiger partial charge < -0.3 is 0 Å². The minimum Gasteiger partial charge on any atom is -0.207 e. The highest BCUT2D eigenvalue weighted by Crippen LogP contribution is 2.25. The smallest absolute Gasteiger partial charge is 0.123 e. The lowest BCUT2D eigenvalue weighted by Crippen LogP contribution is -1.81. The zero-order chi connectivity index (χ0) is 12.5. The van der Waals surface area contributed by atoms with Gasteiger partial charge in [0.1, 0.15) is 5.82 Å². The van der Waals surface area contributed by atoms with Gasteiger partial charge in [-0.25, -0.2) is 4.39 Å². The van der Waals surface area contributed by atoms with E-state index >= 15 is 0 Å². The lowest BCUT2D eigenvalue weighted by Gasteiger charge is -2.05. The van der Waals surface area contributed by atoms with E-state index in [0.29, 0.717) is 0 Å². The van der Waals surface area contributed by atoms with Gasteiger partial charge in [-0.15, -0.1) is 0 Å². The molecule has 18 heavy (non-hydrogen) atoms. The molecule has 0 nitrogen and oxygen atoms in total. The SMILES string of the molecule is Cc1ccc(-c2ccc3cc(F)ccc3c2)cc1. The third-order valence-corrected chi connectivity index (χ3v) is 3.19. The molecule has 3 aromatic carbocycles. The number of benzene rings is 3. The summed E-state index contributed by atoms with van der Waals surface area (Å²) in [4.78, 5) is 0. The highest BCUT2D eigenvalue weighted by atomic mass is 19.1. The molecule has 1 heteroatoms. The Morgan fingerprint density at radius 3 is 2.06 bits per heavy atom. The molecule has 0 N–H and O–H groups in total. The number of halogens is 1. The van der Waals surface area contributed by atoms with Gasteiger partial charge in [0.15, 0.2) is 0 Å². The fourth-order valence-corrected chi connectivity index (χ4v) is 2.14. The van der Waals surface area contributed by atoms with Crippen LogP contribution in [-0.2, 0) is 0 Å². The Kier molecular flexibility index (Phi) is 2.60. The summed E-state index contributed by atoms with van der Waals surface area (Å²) in [6, 6.07) is 19.4. The van der Waals surface area contributed by atoms with E-state index in [-0.39, 0.29) is 5.82 Å². The van der Waals surface area contributed by atoms with Crippen molar-refractivity contribution in [1.82, 2.24) is 0 Å². The second-order valence-electron chi connectivity index (χ2n) is 4.57. The van der Waals surface area contributed by atoms with Crippen LogP contribution in [0.4, 0.5) is 4.39 Å². The number of aryl methyl sites for hydroxylation is 1. The van der Waals surface area contributed by atoms with Gasteiger partial charge in [0.2, 0.25) is 0 Å². The Labute approximate surface area is 106 Å². The molecule has 88 valence electrons. The van der Waals surface area contributed by atoms with Crippen LogP contribution in [0, 0.1) is 12.7 Å². The predicted molar refractivity (Wildman–Crippen MR) is 74.1 cm³/mol. The van der Waals surface area contributed by atoms with Crippen molar-refractivity contribution in [3.05, 3.63) is 72.0 Å². The van der Waals surface area contributed by atoms with Crippen LogP contribution < -0.4 is 0 Å². The van der Waals surface area contributed by atoms with E-state index in [1.807, 2.05) is 18.2 Å². The summed E-state index contributed by atoms with van der Waals surface area (Å²) in [7, 11) is 0. The van der Waals surface area contributed by atoms with Crippen molar-refractivity contribution in [1.29, 1.82) is 0 Å². The highest BCUT2D eigenvalue weighted by molar-refractivity contribution is 5.87. The second-order valence-corrected chi connectivity index (χ2v) is 4.57. The van der Waals surface area contributed by atoms with Crippen LogP contribution >= 0.6 is 0 Å². The summed E-state index contributed by atoms with van der Waals surface area (Å²) in [6.45, 7) is 2.08. The topological polar surface area (TPSA) is 0 Å². The molecule has 0 fully saturated rings. The van der Waals surface area contributed by atoms with Gasteiger partial charge in [-0.3, -0.25) is 0 Å². The summed E-state index contributed by atoms with van der Waals surface area (Å²) in [5.74, 6) is -0.189. The third kappa shape index (κ3) is 2.00. The molecule has 0 bridgehead atoms. The molecule has 0 spiro atoms. The van der Waals surface area contributed by atoms with Crippen LogP contribution in [-0.4, -0.2) is 0 Å². The second kappa shape index (κ2) is 4.26. The molecular weight excluding hydrogens is 223 g/mol. The molecule has 0 aliphatic rings. The number of hydrogen-bond acceptors (Lipinski definition) is 0. The maximum absolute atomic E-state index is 13.1. The first-order valence-electron chi connectivity index (χ1n) is 5.99. The molecule has 0 atom stereocenters. The van der Waals surface area contributed by atoms with Crippen molar-refractivity contribution in [3.8, 4) is 11.1 Å². The largest absolute Gasteiger partial charge is 0.207 e.